The number of hydrogen-bond acceptors (Lipinski definition) is 4. The lowest BCUT2D eigenvalue weighted by molar-refractivity contribution is 1.15. The molecule has 2 aromatic rings. The van der Waals surface area contributed by atoms with E-state index < -0.39 is 0 Å². The van der Waals surface area contributed by atoms with Gasteiger partial charge in [0.05, 0.1) is 15.7 Å². The molecule has 0 saturated carbocycles. The highest BCUT2D eigenvalue weighted by molar-refractivity contribution is 9.10. The van der Waals surface area contributed by atoms with Crippen LogP contribution in [-0.2, 0) is 0 Å². The zero-order chi connectivity index (χ0) is 12.3. The van der Waals surface area contributed by atoms with Crippen LogP contribution in [0.5, 0.6) is 0 Å². The molecule has 0 amide bonds. The molecule has 0 saturated heterocycles. The highest BCUT2D eigenvalue weighted by Gasteiger charge is 2.06. The molecule has 0 aliphatic heterocycles. The number of anilines is 2. The Balaban J connectivity index is 2.37. The van der Waals surface area contributed by atoms with E-state index in [4.69, 9.17) is 5.26 Å². The van der Waals surface area contributed by atoms with Crippen LogP contribution < -0.4 is 5.32 Å². The highest BCUT2D eigenvalue weighted by atomic mass is 79.9. The summed E-state index contributed by atoms with van der Waals surface area (Å²) < 4.78 is 1.60. The van der Waals surface area contributed by atoms with E-state index in [1.807, 2.05) is 12.1 Å². The Kier molecular flexibility index (Phi) is 3.71. The first-order valence-corrected chi connectivity index (χ1v) is 6.21. The third-order valence-corrected chi connectivity index (χ3v) is 3.10. The van der Waals surface area contributed by atoms with Gasteiger partial charge in [-0.05, 0) is 34.1 Å². The maximum atomic E-state index is 9.03. The molecule has 0 bridgehead atoms. The molecule has 17 heavy (non-hydrogen) atoms. The van der Waals surface area contributed by atoms with Crippen LogP contribution in [0.2, 0.25) is 0 Å². The predicted molar refractivity (Wildman–Crippen MR) is 71.9 cm³/mol. The van der Waals surface area contributed by atoms with Crippen molar-refractivity contribution in [2.24, 2.45) is 0 Å². The summed E-state index contributed by atoms with van der Waals surface area (Å²) in [5, 5.41) is 12.1. The number of aromatic nitrogens is 2. The van der Waals surface area contributed by atoms with Gasteiger partial charge in [0, 0.05) is 10.7 Å². The molecule has 0 spiro atoms. The van der Waals surface area contributed by atoms with E-state index in [0.29, 0.717) is 17.1 Å². The SMILES string of the molecule is N#Cc1cc(Br)ccc1Nc1ncncc1Br. The summed E-state index contributed by atoms with van der Waals surface area (Å²) in [5.74, 6) is 0.624. The van der Waals surface area contributed by atoms with E-state index in [1.54, 1.807) is 12.3 Å². The molecular weight excluding hydrogens is 348 g/mol. The van der Waals surface area contributed by atoms with Crippen molar-refractivity contribution in [3.05, 3.63) is 45.2 Å². The fraction of sp³-hybridized carbons (Fsp3) is 0. The van der Waals surface area contributed by atoms with Gasteiger partial charge >= 0.3 is 0 Å². The van der Waals surface area contributed by atoms with Crippen LogP contribution in [-0.4, -0.2) is 9.97 Å². The van der Waals surface area contributed by atoms with Crippen molar-refractivity contribution in [2.45, 2.75) is 0 Å². The van der Waals surface area contributed by atoms with Crippen molar-refractivity contribution < 1.29 is 0 Å². The summed E-state index contributed by atoms with van der Waals surface area (Å²) in [6, 6.07) is 7.55. The number of halogens is 2. The maximum absolute atomic E-state index is 9.03. The molecule has 6 heteroatoms. The van der Waals surface area contributed by atoms with E-state index in [2.05, 4.69) is 53.2 Å². The van der Waals surface area contributed by atoms with Crippen LogP contribution in [0.1, 0.15) is 5.56 Å². The first-order chi connectivity index (χ1) is 8.20. The molecule has 1 N–H and O–H groups in total. The van der Waals surface area contributed by atoms with Crippen molar-refractivity contribution >= 4 is 43.4 Å². The topological polar surface area (TPSA) is 61.6 Å². The Bertz CT molecular complexity index is 592. The zero-order valence-corrected chi connectivity index (χ0v) is 11.7. The van der Waals surface area contributed by atoms with Gasteiger partial charge in [-0.3, -0.25) is 0 Å². The number of hydrogen-bond donors (Lipinski definition) is 1. The lowest BCUT2D eigenvalue weighted by atomic mass is 10.2. The molecule has 4 nitrogen and oxygen atoms in total. The Labute approximate surface area is 115 Å². The van der Waals surface area contributed by atoms with Gasteiger partial charge in [-0.1, -0.05) is 15.9 Å². The smallest absolute Gasteiger partial charge is 0.148 e. The van der Waals surface area contributed by atoms with E-state index in [0.717, 1.165) is 8.95 Å². The van der Waals surface area contributed by atoms with Gasteiger partial charge in [-0.15, -0.1) is 0 Å². The molecule has 0 aliphatic carbocycles. The fourth-order valence-corrected chi connectivity index (χ4v) is 1.93. The minimum Gasteiger partial charge on any atom is -0.338 e. The van der Waals surface area contributed by atoms with E-state index in [1.165, 1.54) is 6.33 Å². The molecule has 0 unspecified atom stereocenters. The van der Waals surface area contributed by atoms with Gasteiger partial charge in [0.1, 0.15) is 18.2 Å². The lowest BCUT2D eigenvalue weighted by Gasteiger charge is -2.08. The van der Waals surface area contributed by atoms with E-state index in [-0.39, 0.29) is 0 Å². The molecule has 1 aromatic heterocycles. The summed E-state index contributed by atoms with van der Waals surface area (Å²) in [6.07, 6.45) is 3.08. The largest absolute Gasteiger partial charge is 0.338 e. The van der Waals surface area contributed by atoms with Gasteiger partial charge < -0.3 is 5.32 Å². The Morgan fingerprint density at radius 3 is 2.82 bits per heavy atom. The third-order valence-electron chi connectivity index (χ3n) is 2.02. The molecule has 0 aliphatic rings. The summed E-state index contributed by atoms with van der Waals surface area (Å²) in [6.45, 7) is 0. The summed E-state index contributed by atoms with van der Waals surface area (Å²) in [7, 11) is 0. The van der Waals surface area contributed by atoms with Crippen LogP contribution in [0, 0.1) is 11.3 Å². The number of nitrogens with one attached hydrogen (secondary N) is 1. The number of benzene rings is 1. The van der Waals surface area contributed by atoms with Crippen LogP contribution in [0.4, 0.5) is 11.5 Å². The van der Waals surface area contributed by atoms with Gasteiger partial charge in [-0.25, -0.2) is 9.97 Å². The zero-order valence-electron chi connectivity index (χ0n) is 8.48. The van der Waals surface area contributed by atoms with Crippen LogP contribution in [0.3, 0.4) is 0 Å². The Morgan fingerprint density at radius 1 is 1.29 bits per heavy atom. The molecule has 84 valence electrons. The quantitative estimate of drug-likeness (QED) is 0.895. The Hall–Kier alpha value is -1.45. The maximum Gasteiger partial charge on any atom is 0.148 e. The first kappa shape index (κ1) is 12.0. The summed E-state index contributed by atoms with van der Waals surface area (Å²) in [4.78, 5) is 7.95. The molecule has 1 aromatic carbocycles. The fourth-order valence-electron chi connectivity index (χ4n) is 1.25. The van der Waals surface area contributed by atoms with Crippen molar-refractivity contribution in [2.75, 3.05) is 5.32 Å². The number of nitriles is 1. The second kappa shape index (κ2) is 5.25. The average Bonchev–Trinajstić information content (AvgIpc) is 2.34. The highest BCUT2D eigenvalue weighted by Crippen LogP contribution is 2.26. The third kappa shape index (κ3) is 2.81. The Morgan fingerprint density at radius 2 is 2.12 bits per heavy atom. The second-order valence-electron chi connectivity index (χ2n) is 3.15. The summed E-state index contributed by atoms with van der Waals surface area (Å²) in [5.41, 5.74) is 1.25. The van der Waals surface area contributed by atoms with Gasteiger partial charge in [0.25, 0.3) is 0 Å². The molecule has 0 radical (unpaired) electrons. The minimum atomic E-state index is 0.546. The number of nitrogens with zero attached hydrogens (tertiary/aromatic N) is 3. The molecule has 1 heterocycles. The van der Waals surface area contributed by atoms with Crippen LogP contribution in [0.15, 0.2) is 39.7 Å². The van der Waals surface area contributed by atoms with Crippen molar-refractivity contribution in [1.29, 1.82) is 5.26 Å². The monoisotopic (exact) mass is 352 g/mol. The predicted octanol–water partition coefficient (Wildman–Crippen LogP) is 3.62. The first-order valence-electron chi connectivity index (χ1n) is 4.63. The van der Waals surface area contributed by atoms with Crippen LogP contribution in [0.25, 0.3) is 0 Å². The van der Waals surface area contributed by atoms with Crippen molar-refractivity contribution in [1.82, 2.24) is 9.97 Å². The number of rotatable bonds is 2. The van der Waals surface area contributed by atoms with Crippen molar-refractivity contribution in [3.63, 3.8) is 0 Å². The van der Waals surface area contributed by atoms with Gasteiger partial charge in [0.15, 0.2) is 0 Å². The van der Waals surface area contributed by atoms with E-state index >= 15 is 0 Å². The summed E-state index contributed by atoms with van der Waals surface area (Å²) >= 11 is 6.66. The lowest BCUT2D eigenvalue weighted by Crippen LogP contribution is -1.97. The van der Waals surface area contributed by atoms with Gasteiger partial charge in [0.2, 0.25) is 0 Å². The average molecular weight is 354 g/mol. The minimum absolute atomic E-state index is 0.546. The normalized spacial score (nSPS) is 9.71. The van der Waals surface area contributed by atoms with Crippen LogP contribution >= 0.6 is 31.9 Å². The molecule has 0 atom stereocenters. The molecule has 0 fully saturated rings. The molecular formula is C11H6Br2N4. The standard InChI is InChI=1S/C11H6Br2N4/c12-8-1-2-10(7(3-8)4-14)17-11-9(13)5-15-6-16-11/h1-3,5-6H,(H,15,16,17). The van der Waals surface area contributed by atoms with Crippen molar-refractivity contribution in [3.8, 4) is 6.07 Å². The van der Waals surface area contributed by atoms with E-state index in [9.17, 15) is 0 Å². The molecule has 2 rings (SSSR count). The second-order valence-corrected chi connectivity index (χ2v) is 4.92. The van der Waals surface area contributed by atoms with Gasteiger partial charge in [-0.2, -0.15) is 5.26 Å².